The van der Waals surface area contributed by atoms with Gasteiger partial charge in [-0.05, 0) is 43.3 Å². The van der Waals surface area contributed by atoms with Crippen LogP contribution in [0.2, 0.25) is 0 Å². The predicted octanol–water partition coefficient (Wildman–Crippen LogP) is 3.02. The molecule has 3 aromatic rings. The van der Waals surface area contributed by atoms with Gasteiger partial charge in [0.2, 0.25) is 12.3 Å². The van der Waals surface area contributed by atoms with Crippen LogP contribution in [0, 0.1) is 6.92 Å². The molecule has 1 fully saturated rings. The third-order valence-electron chi connectivity index (χ3n) is 5.28. The van der Waals surface area contributed by atoms with Crippen molar-refractivity contribution in [2.24, 2.45) is 0 Å². The summed E-state index contributed by atoms with van der Waals surface area (Å²) in [5, 5.41) is 2.90. The molecule has 0 aromatic heterocycles. The summed E-state index contributed by atoms with van der Waals surface area (Å²) in [7, 11) is 1.57. The van der Waals surface area contributed by atoms with Crippen LogP contribution < -0.4 is 15.5 Å². The number of ether oxygens (including phenoxy) is 1. The van der Waals surface area contributed by atoms with E-state index in [-0.39, 0.29) is 11.8 Å². The molecule has 2 N–H and O–H groups in total. The Morgan fingerprint density at radius 2 is 1.68 bits per heavy atom. The van der Waals surface area contributed by atoms with Crippen molar-refractivity contribution in [1.82, 2.24) is 10.7 Å². The molecular weight excluding hydrogens is 390 g/mol. The van der Waals surface area contributed by atoms with E-state index in [1.54, 1.807) is 36.1 Å². The Morgan fingerprint density at radius 1 is 1.00 bits per heavy atom. The van der Waals surface area contributed by atoms with Gasteiger partial charge in [0.1, 0.15) is 5.75 Å². The molecule has 2 atom stereocenters. The third-order valence-corrected chi connectivity index (χ3v) is 5.28. The summed E-state index contributed by atoms with van der Waals surface area (Å²) >= 11 is 0. The number of hydrogen-bond donors (Lipinski definition) is 2. The van der Waals surface area contributed by atoms with Crippen LogP contribution in [0.3, 0.4) is 0 Å². The van der Waals surface area contributed by atoms with Gasteiger partial charge < -0.3 is 10.1 Å². The fourth-order valence-electron chi connectivity index (χ4n) is 3.61. The zero-order valence-corrected chi connectivity index (χ0v) is 17.4. The number of carbonyl (C=O) groups is 2. The molecule has 1 heterocycles. The highest BCUT2D eigenvalue weighted by atomic mass is 16.5. The summed E-state index contributed by atoms with van der Waals surface area (Å²) in [6.45, 7) is 2.03. The number of nitrogens with zero attached hydrogens (tertiary/aromatic N) is 1. The topological polar surface area (TPSA) is 70.4 Å². The number of nitrogens with one attached hydrogen (secondary N) is 2. The molecule has 31 heavy (non-hydrogen) atoms. The first-order valence-corrected chi connectivity index (χ1v) is 10.1. The average molecular weight is 414 g/mol. The van der Waals surface area contributed by atoms with Crippen molar-refractivity contribution in [2.75, 3.05) is 7.11 Å². The Balaban J connectivity index is 1.65. The maximum Gasteiger partial charge on any atom is 0.304 e. The summed E-state index contributed by atoms with van der Waals surface area (Å²) in [6.07, 6.45) is 1.88. The molecule has 0 spiro atoms. The van der Waals surface area contributed by atoms with Crippen LogP contribution in [-0.2, 0) is 4.79 Å². The molecule has 1 saturated heterocycles. The zero-order chi connectivity index (χ0) is 21.8. The van der Waals surface area contributed by atoms with Crippen LogP contribution in [0.25, 0.3) is 0 Å². The van der Waals surface area contributed by atoms with E-state index in [1.165, 1.54) is 0 Å². The molecule has 0 radical (unpaired) electrons. The van der Waals surface area contributed by atoms with Crippen molar-refractivity contribution in [1.29, 1.82) is 0 Å². The Morgan fingerprint density at radius 3 is 2.32 bits per heavy atom. The molecule has 4 rings (SSSR count). The lowest BCUT2D eigenvalue weighted by Gasteiger charge is -2.14. The van der Waals surface area contributed by atoms with Crippen LogP contribution in [0.1, 0.15) is 33.1 Å². The lowest BCUT2D eigenvalue weighted by Crippen LogP contribution is -2.42. The van der Waals surface area contributed by atoms with Gasteiger partial charge in [0.15, 0.2) is 6.04 Å². The molecule has 2 amide bonds. The number of hydrogen-bond acceptors (Lipinski definition) is 3. The summed E-state index contributed by atoms with van der Waals surface area (Å²) in [4.78, 5) is 25.7. The van der Waals surface area contributed by atoms with E-state index in [1.807, 2.05) is 67.7 Å². The normalized spacial score (nSPS) is 19.2. The van der Waals surface area contributed by atoms with Crippen molar-refractivity contribution in [2.45, 2.75) is 19.0 Å². The smallest absolute Gasteiger partial charge is 0.304 e. The highest BCUT2D eigenvalue weighted by Crippen LogP contribution is 2.25. The largest absolute Gasteiger partial charge is 0.497 e. The maximum absolute atomic E-state index is 12.9. The quantitative estimate of drug-likeness (QED) is 0.631. The standard InChI is InChI=1S/C25H23N3O3/c1-17-8-10-18(11-9-17)16-28-23(19-6-4-3-5-7-19)22(25(30)27-28)26-24(29)20-12-14-21(31-2)15-13-20/h3-16,22-23H,1-2H3,(H-,26,27,29,30)/p+1/b28-16-/t22-,23-/m1/s1. The average Bonchev–Trinajstić information content (AvgIpc) is 3.10. The second kappa shape index (κ2) is 8.83. The van der Waals surface area contributed by atoms with E-state index in [4.69, 9.17) is 4.74 Å². The van der Waals surface area contributed by atoms with Crippen molar-refractivity contribution >= 4 is 18.0 Å². The monoisotopic (exact) mass is 414 g/mol. The number of amides is 2. The van der Waals surface area contributed by atoms with Crippen LogP contribution in [0.15, 0.2) is 78.9 Å². The van der Waals surface area contributed by atoms with Gasteiger partial charge >= 0.3 is 5.91 Å². The molecule has 0 aliphatic carbocycles. The van der Waals surface area contributed by atoms with Gasteiger partial charge in [-0.15, -0.1) is 10.1 Å². The fraction of sp³-hybridized carbons (Fsp3) is 0.160. The van der Waals surface area contributed by atoms with Crippen LogP contribution in [-0.4, -0.2) is 35.9 Å². The summed E-state index contributed by atoms with van der Waals surface area (Å²) in [6, 6.07) is 23.3. The van der Waals surface area contributed by atoms with E-state index in [0.29, 0.717) is 11.3 Å². The molecule has 0 bridgehead atoms. The predicted molar refractivity (Wildman–Crippen MR) is 118 cm³/mol. The molecule has 1 aliphatic heterocycles. The second-order valence-electron chi connectivity index (χ2n) is 7.46. The minimum atomic E-state index is -0.751. The minimum Gasteiger partial charge on any atom is -0.497 e. The number of hydrazine groups is 1. The second-order valence-corrected chi connectivity index (χ2v) is 7.46. The van der Waals surface area contributed by atoms with Crippen molar-refractivity contribution < 1.29 is 19.0 Å². The van der Waals surface area contributed by atoms with Gasteiger partial charge in [0, 0.05) is 16.7 Å². The molecule has 1 aliphatic rings. The zero-order valence-electron chi connectivity index (χ0n) is 17.4. The molecule has 3 aromatic carbocycles. The van der Waals surface area contributed by atoms with Crippen LogP contribution in [0.4, 0.5) is 0 Å². The highest BCUT2D eigenvalue weighted by Gasteiger charge is 2.47. The van der Waals surface area contributed by atoms with Crippen LogP contribution >= 0.6 is 0 Å². The Labute approximate surface area is 181 Å². The van der Waals surface area contributed by atoms with E-state index in [2.05, 4.69) is 10.7 Å². The molecule has 0 saturated carbocycles. The molecule has 6 nitrogen and oxygen atoms in total. The first-order chi connectivity index (χ1) is 15.0. The lowest BCUT2D eigenvalue weighted by atomic mass is 10.00. The molecule has 6 heteroatoms. The van der Waals surface area contributed by atoms with Gasteiger partial charge in [-0.2, -0.15) is 0 Å². The van der Waals surface area contributed by atoms with Gasteiger partial charge in [0.05, 0.1) is 7.11 Å². The number of methoxy groups -OCH3 is 1. The lowest BCUT2D eigenvalue weighted by molar-refractivity contribution is -0.596. The highest BCUT2D eigenvalue weighted by molar-refractivity contribution is 5.98. The Hall–Kier alpha value is -3.93. The molecule has 156 valence electrons. The molecule has 0 unspecified atom stereocenters. The van der Waals surface area contributed by atoms with Gasteiger partial charge in [0.25, 0.3) is 5.91 Å². The number of benzene rings is 3. The molecular formula is C25H24N3O3+. The van der Waals surface area contributed by atoms with Crippen molar-refractivity contribution in [3.05, 3.63) is 101 Å². The fourth-order valence-corrected chi connectivity index (χ4v) is 3.61. The first kappa shape index (κ1) is 20.3. The Bertz CT molecular complexity index is 1110. The van der Waals surface area contributed by atoms with Crippen molar-refractivity contribution in [3.8, 4) is 5.75 Å². The number of rotatable bonds is 5. The van der Waals surface area contributed by atoms with E-state index in [0.717, 1.165) is 16.7 Å². The van der Waals surface area contributed by atoms with Gasteiger partial charge in [-0.25, -0.2) is 0 Å². The Kier molecular flexibility index (Phi) is 5.80. The van der Waals surface area contributed by atoms with Gasteiger partial charge in [-0.1, -0.05) is 48.0 Å². The third kappa shape index (κ3) is 4.48. The van der Waals surface area contributed by atoms with Crippen LogP contribution in [0.5, 0.6) is 5.75 Å². The van der Waals surface area contributed by atoms with E-state index in [9.17, 15) is 9.59 Å². The number of hydrazone groups is 1. The first-order valence-electron chi connectivity index (χ1n) is 10.1. The van der Waals surface area contributed by atoms with Gasteiger partial charge in [-0.3, -0.25) is 9.59 Å². The minimum absolute atomic E-state index is 0.265. The van der Waals surface area contributed by atoms with E-state index < -0.39 is 12.1 Å². The summed E-state index contributed by atoms with van der Waals surface area (Å²) in [5.41, 5.74) is 6.39. The number of carbonyl (C=O) groups excluding carboxylic acids is 2. The van der Waals surface area contributed by atoms with E-state index >= 15 is 0 Å². The maximum atomic E-state index is 12.9. The summed E-state index contributed by atoms with van der Waals surface area (Å²) < 4.78 is 6.91. The SMILES string of the molecule is COc1ccc(C(=O)N[C@H]2C(=O)N/[N+](=C\c3ccc(C)cc3)[C@@H]2c2ccccc2)cc1. The summed E-state index contributed by atoms with van der Waals surface area (Å²) in [5.74, 6) is 0.0798. The number of aryl methyl sites for hydroxylation is 1. The van der Waals surface area contributed by atoms with Crippen molar-refractivity contribution in [3.63, 3.8) is 0 Å².